The summed E-state index contributed by atoms with van der Waals surface area (Å²) in [4.78, 5) is 23.6. The van der Waals surface area contributed by atoms with Crippen LogP contribution in [0.15, 0.2) is 42.5 Å². The van der Waals surface area contributed by atoms with Crippen LogP contribution in [0.3, 0.4) is 0 Å². The molecular weight excluding hydrogens is 337 g/mol. The molecule has 0 fully saturated rings. The molecule has 0 aromatic heterocycles. The van der Waals surface area contributed by atoms with Crippen molar-refractivity contribution in [3.63, 3.8) is 0 Å². The molecule has 5 nitrogen and oxygen atoms in total. The smallest absolute Gasteiger partial charge is 0.338 e. The van der Waals surface area contributed by atoms with E-state index in [1.807, 2.05) is 6.92 Å². The first-order valence-electron chi connectivity index (χ1n) is 7.14. The first-order valence-corrected chi connectivity index (χ1v) is 7.52. The highest BCUT2D eigenvalue weighted by Gasteiger charge is 2.12. The van der Waals surface area contributed by atoms with Crippen LogP contribution in [0.2, 0.25) is 5.02 Å². The molecule has 0 radical (unpaired) electrons. The normalized spacial score (nSPS) is 10.1. The zero-order chi connectivity index (χ0) is 17.5. The van der Waals surface area contributed by atoms with E-state index in [4.69, 9.17) is 21.1 Å². The molecule has 0 saturated heterocycles. The number of ether oxygens (including phenoxy) is 2. The van der Waals surface area contributed by atoms with Crippen molar-refractivity contribution in [1.82, 2.24) is 0 Å². The van der Waals surface area contributed by atoms with Crippen molar-refractivity contribution in [3.8, 4) is 5.75 Å². The number of carbonyl (C=O) groups is 2. The van der Waals surface area contributed by atoms with Crippen molar-refractivity contribution in [1.29, 1.82) is 0 Å². The SMILES string of the molecule is CCOc1ccc(C(=O)OCC(=O)Nc2cc(Cl)ccc2F)cc1. The topological polar surface area (TPSA) is 64.6 Å². The second-order valence-electron chi connectivity index (χ2n) is 4.71. The maximum Gasteiger partial charge on any atom is 0.338 e. The maximum atomic E-state index is 13.5. The lowest BCUT2D eigenvalue weighted by atomic mass is 10.2. The van der Waals surface area contributed by atoms with Crippen LogP contribution in [-0.2, 0) is 9.53 Å². The fourth-order valence-electron chi connectivity index (χ4n) is 1.85. The van der Waals surface area contributed by atoms with Crippen LogP contribution in [-0.4, -0.2) is 25.1 Å². The van der Waals surface area contributed by atoms with E-state index in [-0.39, 0.29) is 16.3 Å². The summed E-state index contributed by atoms with van der Waals surface area (Å²) in [5.74, 6) is -1.34. The summed E-state index contributed by atoms with van der Waals surface area (Å²) in [6, 6.07) is 10.1. The third-order valence-corrected chi connectivity index (χ3v) is 3.17. The molecule has 24 heavy (non-hydrogen) atoms. The molecule has 1 N–H and O–H groups in total. The Kier molecular flexibility index (Phi) is 6.14. The van der Waals surface area contributed by atoms with Crippen LogP contribution in [0.5, 0.6) is 5.75 Å². The standard InChI is InChI=1S/C17H15ClFNO4/c1-2-23-13-6-3-11(4-7-13)17(22)24-10-16(21)20-15-9-12(18)5-8-14(15)19/h3-9H,2,10H2,1H3,(H,20,21). The summed E-state index contributed by atoms with van der Waals surface area (Å²) in [6.07, 6.45) is 0. The van der Waals surface area contributed by atoms with Gasteiger partial charge in [0.2, 0.25) is 0 Å². The quantitative estimate of drug-likeness (QED) is 0.806. The number of hydrogen-bond donors (Lipinski definition) is 1. The molecule has 126 valence electrons. The number of benzene rings is 2. The van der Waals surface area contributed by atoms with E-state index < -0.39 is 24.3 Å². The Morgan fingerprint density at radius 1 is 1.17 bits per heavy atom. The summed E-state index contributed by atoms with van der Waals surface area (Å²) in [6.45, 7) is 1.82. The highest BCUT2D eigenvalue weighted by Crippen LogP contribution is 2.19. The number of amides is 1. The van der Waals surface area contributed by atoms with Gasteiger partial charge < -0.3 is 14.8 Å². The van der Waals surface area contributed by atoms with Crippen molar-refractivity contribution in [3.05, 3.63) is 58.9 Å². The molecule has 1 amide bonds. The van der Waals surface area contributed by atoms with Gasteiger partial charge in [0.15, 0.2) is 6.61 Å². The van der Waals surface area contributed by atoms with E-state index >= 15 is 0 Å². The zero-order valence-electron chi connectivity index (χ0n) is 12.8. The lowest BCUT2D eigenvalue weighted by molar-refractivity contribution is -0.119. The van der Waals surface area contributed by atoms with Crippen LogP contribution in [0.4, 0.5) is 10.1 Å². The van der Waals surface area contributed by atoms with Gasteiger partial charge in [-0.15, -0.1) is 0 Å². The van der Waals surface area contributed by atoms with Gasteiger partial charge in [-0.25, -0.2) is 9.18 Å². The van der Waals surface area contributed by atoms with Crippen LogP contribution in [0.1, 0.15) is 17.3 Å². The average Bonchev–Trinajstić information content (AvgIpc) is 2.57. The average molecular weight is 352 g/mol. The summed E-state index contributed by atoms with van der Waals surface area (Å²) in [5.41, 5.74) is 0.199. The minimum Gasteiger partial charge on any atom is -0.494 e. The van der Waals surface area contributed by atoms with E-state index in [0.29, 0.717) is 12.4 Å². The molecule has 7 heteroatoms. The van der Waals surface area contributed by atoms with Gasteiger partial charge in [-0.3, -0.25) is 4.79 Å². The molecule has 0 spiro atoms. The van der Waals surface area contributed by atoms with Gasteiger partial charge in [0, 0.05) is 5.02 Å². The largest absolute Gasteiger partial charge is 0.494 e. The van der Waals surface area contributed by atoms with Gasteiger partial charge in [0.1, 0.15) is 11.6 Å². The first-order chi connectivity index (χ1) is 11.5. The van der Waals surface area contributed by atoms with Gasteiger partial charge in [-0.05, 0) is 49.4 Å². The molecule has 2 aromatic carbocycles. The lowest BCUT2D eigenvalue weighted by Crippen LogP contribution is -2.21. The van der Waals surface area contributed by atoms with E-state index in [9.17, 15) is 14.0 Å². The number of esters is 1. The van der Waals surface area contributed by atoms with E-state index in [1.54, 1.807) is 12.1 Å². The summed E-state index contributed by atoms with van der Waals surface area (Å²) < 4.78 is 23.6. The Balaban J connectivity index is 1.88. The van der Waals surface area contributed by atoms with E-state index in [1.165, 1.54) is 24.3 Å². The van der Waals surface area contributed by atoms with Crippen molar-refractivity contribution in [2.75, 3.05) is 18.5 Å². The van der Waals surface area contributed by atoms with Crippen molar-refractivity contribution in [2.45, 2.75) is 6.92 Å². The van der Waals surface area contributed by atoms with Gasteiger partial charge >= 0.3 is 5.97 Å². The maximum absolute atomic E-state index is 13.5. The first kappa shape index (κ1) is 17.7. The summed E-state index contributed by atoms with van der Waals surface area (Å²) in [5, 5.41) is 2.56. The number of anilines is 1. The van der Waals surface area contributed by atoms with Crippen LogP contribution in [0, 0.1) is 5.82 Å². The molecule has 0 aliphatic carbocycles. The number of carbonyl (C=O) groups excluding carboxylic acids is 2. The van der Waals surface area contributed by atoms with Gasteiger partial charge in [0.25, 0.3) is 5.91 Å². The Morgan fingerprint density at radius 3 is 2.54 bits per heavy atom. The molecule has 0 unspecified atom stereocenters. The molecule has 0 bridgehead atoms. The molecule has 0 aliphatic heterocycles. The highest BCUT2D eigenvalue weighted by molar-refractivity contribution is 6.30. The van der Waals surface area contributed by atoms with Crippen LogP contribution in [0.25, 0.3) is 0 Å². The Labute approximate surface area is 143 Å². The predicted molar refractivity (Wildman–Crippen MR) is 87.9 cm³/mol. The van der Waals surface area contributed by atoms with E-state index in [0.717, 1.165) is 6.07 Å². The minimum atomic E-state index is -0.671. The molecule has 0 atom stereocenters. The molecule has 2 rings (SSSR count). The van der Waals surface area contributed by atoms with Crippen molar-refractivity contribution < 1.29 is 23.5 Å². The fourth-order valence-corrected chi connectivity index (χ4v) is 2.02. The Bertz CT molecular complexity index is 734. The predicted octanol–water partition coefficient (Wildman–Crippen LogP) is 3.67. The monoisotopic (exact) mass is 351 g/mol. The van der Waals surface area contributed by atoms with Gasteiger partial charge in [-0.2, -0.15) is 0 Å². The van der Waals surface area contributed by atoms with Crippen molar-refractivity contribution in [2.24, 2.45) is 0 Å². The Morgan fingerprint density at radius 2 is 1.88 bits per heavy atom. The molecular formula is C17H15ClFNO4. The van der Waals surface area contributed by atoms with Gasteiger partial charge in [-0.1, -0.05) is 11.6 Å². The summed E-state index contributed by atoms with van der Waals surface area (Å²) in [7, 11) is 0. The third-order valence-electron chi connectivity index (χ3n) is 2.94. The van der Waals surface area contributed by atoms with Crippen molar-refractivity contribution >= 4 is 29.2 Å². The molecule has 0 heterocycles. The van der Waals surface area contributed by atoms with E-state index in [2.05, 4.69) is 5.32 Å². The highest BCUT2D eigenvalue weighted by atomic mass is 35.5. The second-order valence-corrected chi connectivity index (χ2v) is 5.14. The Hall–Kier alpha value is -2.60. The summed E-state index contributed by atoms with van der Waals surface area (Å²) >= 11 is 5.73. The molecule has 0 aliphatic rings. The van der Waals surface area contributed by atoms with Gasteiger partial charge in [0.05, 0.1) is 17.9 Å². The molecule has 0 saturated carbocycles. The lowest BCUT2D eigenvalue weighted by Gasteiger charge is -2.08. The zero-order valence-corrected chi connectivity index (χ0v) is 13.6. The number of hydrogen-bond acceptors (Lipinski definition) is 4. The fraction of sp³-hybridized carbons (Fsp3) is 0.176. The minimum absolute atomic E-state index is 0.0791. The number of rotatable bonds is 6. The number of nitrogens with one attached hydrogen (secondary N) is 1. The third kappa shape index (κ3) is 4.96. The van der Waals surface area contributed by atoms with Crippen LogP contribution >= 0.6 is 11.6 Å². The second kappa shape index (κ2) is 8.31. The van der Waals surface area contributed by atoms with Crippen LogP contribution < -0.4 is 10.1 Å². The number of halogens is 2. The molecule has 2 aromatic rings.